The van der Waals surface area contributed by atoms with Crippen molar-refractivity contribution < 1.29 is 19.8 Å². The van der Waals surface area contributed by atoms with Crippen LogP contribution >= 0.6 is 0 Å². The van der Waals surface area contributed by atoms with Crippen molar-refractivity contribution in [3.63, 3.8) is 0 Å². The molecule has 4 N–H and O–H groups in total. The van der Waals surface area contributed by atoms with Crippen molar-refractivity contribution in [3.8, 4) is 0 Å². The molecule has 0 aromatic heterocycles. The number of primary amides is 1. The monoisotopic (exact) mass is 408 g/mol. The Morgan fingerprint density at radius 1 is 0.759 bits per heavy atom. The fraction of sp³-hybridized carbons (Fsp3) is 0.913. The van der Waals surface area contributed by atoms with Gasteiger partial charge in [-0.1, -0.05) is 53.4 Å². The van der Waals surface area contributed by atoms with E-state index in [9.17, 15) is 19.8 Å². The topological polar surface area (TPSA) is 104 Å². The number of amides is 2. The first kappa shape index (κ1) is 22.5. The van der Waals surface area contributed by atoms with Crippen LogP contribution in [0, 0.1) is 17.3 Å². The van der Waals surface area contributed by atoms with Gasteiger partial charge < -0.3 is 20.8 Å². The molecule has 166 valence electrons. The number of hydrogen-bond acceptors (Lipinski definition) is 4. The third-order valence-electron chi connectivity index (χ3n) is 7.77. The molecule has 3 fully saturated rings. The second kappa shape index (κ2) is 7.84. The molecule has 0 heterocycles. The summed E-state index contributed by atoms with van der Waals surface area (Å²) in [6, 6.07) is -0.877. The summed E-state index contributed by atoms with van der Waals surface area (Å²) < 4.78 is 0. The SMILES string of the molecule is CC(C)C(N(C(=O)C1(C(N)=O)CC1)C(C(C)C)C1(O)CCCC1)C1(O)CCCC1. The first-order valence-electron chi connectivity index (χ1n) is 11.6. The Labute approximate surface area is 175 Å². The molecule has 0 bridgehead atoms. The number of carbonyl (C=O) groups excluding carboxylic acids is 2. The Balaban J connectivity index is 2.12. The van der Waals surface area contributed by atoms with Crippen LogP contribution in [0.5, 0.6) is 0 Å². The number of hydrogen-bond donors (Lipinski definition) is 3. The van der Waals surface area contributed by atoms with Crippen molar-refractivity contribution in [2.75, 3.05) is 0 Å². The molecule has 3 saturated carbocycles. The molecule has 0 aliphatic heterocycles. The molecule has 0 radical (unpaired) electrons. The van der Waals surface area contributed by atoms with Gasteiger partial charge in [-0.25, -0.2) is 0 Å². The van der Waals surface area contributed by atoms with Crippen molar-refractivity contribution in [3.05, 3.63) is 0 Å². The van der Waals surface area contributed by atoms with Crippen LogP contribution in [0.3, 0.4) is 0 Å². The molecule has 3 aliphatic rings. The third kappa shape index (κ3) is 3.83. The summed E-state index contributed by atoms with van der Waals surface area (Å²) in [4.78, 5) is 28.0. The Morgan fingerprint density at radius 2 is 1.10 bits per heavy atom. The standard InChI is InChI=1S/C23H40N2O4/c1-15(2)17(22(28)9-5-6-10-22)25(20(27)21(13-14-21)19(24)26)18(16(3)4)23(29)11-7-8-12-23/h15-18,28-29H,5-14H2,1-4H3,(H2,24,26). The van der Waals surface area contributed by atoms with Crippen LogP contribution in [0.1, 0.15) is 91.9 Å². The van der Waals surface area contributed by atoms with Crippen molar-refractivity contribution in [2.24, 2.45) is 23.0 Å². The Bertz CT molecular complexity index is 595. The summed E-state index contributed by atoms with van der Waals surface area (Å²) in [6.45, 7) is 8.12. The van der Waals surface area contributed by atoms with E-state index in [0.717, 1.165) is 25.7 Å². The van der Waals surface area contributed by atoms with Crippen molar-refractivity contribution in [2.45, 2.75) is 115 Å². The molecule has 0 aromatic carbocycles. The molecular formula is C23H40N2O4. The van der Waals surface area contributed by atoms with Gasteiger partial charge in [0.2, 0.25) is 11.8 Å². The predicted molar refractivity (Wildman–Crippen MR) is 112 cm³/mol. The highest BCUT2D eigenvalue weighted by Crippen LogP contribution is 2.51. The average molecular weight is 409 g/mol. The number of nitrogens with zero attached hydrogens (tertiary/aromatic N) is 1. The molecule has 0 saturated heterocycles. The van der Waals surface area contributed by atoms with E-state index in [1.54, 1.807) is 4.90 Å². The first-order valence-corrected chi connectivity index (χ1v) is 11.6. The predicted octanol–water partition coefficient (Wildman–Crippen LogP) is 2.74. The number of rotatable bonds is 8. The molecule has 29 heavy (non-hydrogen) atoms. The van der Waals surface area contributed by atoms with Crippen molar-refractivity contribution in [1.82, 2.24) is 4.90 Å². The second-order valence-corrected chi connectivity index (χ2v) is 10.7. The van der Waals surface area contributed by atoms with Crippen LogP contribution in [0.15, 0.2) is 0 Å². The minimum atomic E-state index is -1.16. The normalized spacial score (nSPS) is 26.5. The molecule has 3 rings (SSSR count). The smallest absolute Gasteiger partial charge is 0.238 e. The lowest BCUT2D eigenvalue weighted by Gasteiger charge is -2.52. The fourth-order valence-corrected chi connectivity index (χ4v) is 6.33. The highest BCUT2D eigenvalue weighted by molar-refractivity contribution is 6.07. The van der Waals surface area contributed by atoms with Crippen molar-refractivity contribution >= 4 is 11.8 Å². The summed E-state index contributed by atoms with van der Waals surface area (Å²) in [7, 11) is 0. The van der Waals surface area contributed by atoms with Gasteiger partial charge in [0.15, 0.2) is 0 Å². The number of aliphatic hydroxyl groups is 2. The Kier molecular flexibility index (Phi) is 6.10. The van der Waals surface area contributed by atoms with Crippen LogP contribution in [-0.2, 0) is 9.59 Å². The van der Waals surface area contributed by atoms with Gasteiger partial charge in [-0.2, -0.15) is 0 Å². The molecule has 0 aromatic rings. The summed E-state index contributed by atoms with van der Waals surface area (Å²) in [5, 5.41) is 23.3. The summed E-state index contributed by atoms with van der Waals surface area (Å²) in [5.41, 5.74) is 2.55. The van der Waals surface area contributed by atoms with Gasteiger partial charge in [0.05, 0.1) is 23.3 Å². The van der Waals surface area contributed by atoms with E-state index in [2.05, 4.69) is 0 Å². The lowest BCUT2D eigenvalue weighted by molar-refractivity contribution is -0.172. The van der Waals surface area contributed by atoms with E-state index in [0.29, 0.717) is 38.5 Å². The van der Waals surface area contributed by atoms with Crippen LogP contribution in [0.2, 0.25) is 0 Å². The molecule has 2 atom stereocenters. The minimum Gasteiger partial charge on any atom is -0.388 e. The van der Waals surface area contributed by atoms with Crippen LogP contribution < -0.4 is 5.73 Å². The van der Waals surface area contributed by atoms with Gasteiger partial charge in [-0.05, 0) is 50.4 Å². The van der Waals surface area contributed by atoms with E-state index < -0.39 is 34.6 Å². The van der Waals surface area contributed by atoms with Crippen LogP contribution in [0.25, 0.3) is 0 Å². The van der Waals surface area contributed by atoms with E-state index in [4.69, 9.17) is 5.73 Å². The zero-order valence-corrected chi connectivity index (χ0v) is 18.6. The molecule has 2 unspecified atom stereocenters. The largest absolute Gasteiger partial charge is 0.388 e. The first-order chi connectivity index (χ1) is 13.5. The Morgan fingerprint density at radius 3 is 1.34 bits per heavy atom. The highest BCUT2D eigenvalue weighted by atomic mass is 16.3. The summed E-state index contributed by atoms with van der Waals surface area (Å²) >= 11 is 0. The van der Waals surface area contributed by atoms with Gasteiger partial charge in [0.25, 0.3) is 0 Å². The van der Waals surface area contributed by atoms with Crippen molar-refractivity contribution in [1.29, 1.82) is 0 Å². The van der Waals surface area contributed by atoms with Crippen LogP contribution in [0.4, 0.5) is 0 Å². The fourth-order valence-electron chi connectivity index (χ4n) is 6.33. The second-order valence-electron chi connectivity index (χ2n) is 10.7. The van der Waals surface area contributed by atoms with E-state index >= 15 is 0 Å². The zero-order chi connectivity index (χ0) is 21.6. The van der Waals surface area contributed by atoms with Gasteiger partial charge in [-0.3, -0.25) is 9.59 Å². The molecule has 6 heteroatoms. The summed E-state index contributed by atoms with van der Waals surface area (Å²) in [5.74, 6) is -0.855. The minimum absolute atomic E-state index is 0.00280. The summed E-state index contributed by atoms with van der Waals surface area (Å²) in [6.07, 6.45) is 7.23. The third-order valence-corrected chi connectivity index (χ3v) is 7.77. The lowest BCUT2D eigenvalue weighted by atomic mass is 9.76. The lowest BCUT2D eigenvalue weighted by Crippen LogP contribution is -2.67. The maximum absolute atomic E-state index is 14.0. The van der Waals surface area contributed by atoms with Gasteiger partial charge in [0, 0.05) is 0 Å². The number of nitrogens with two attached hydrogens (primary N) is 1. The van der Waals surface area contributed by atoms with E-state index in [1.807, 2.05) is 27.7 Å². The van der Waals surface area contributed by atoms with Gasteiger partial charge in [0.1, 0.15) is 5.41 Å². The molecule has 3 aliphatic carbocycles. The average Bonchev–Trinajstić information content (AvgIpc) is 3.16. The highest BCUT2D eigenvalue weighted by Gasteiger charge is 2.62. The molecular weight excluding hydrogens is 368 g/mol. The van der Waals surface area contributed by atoms with Crippen LogP contribution in [-0.4, -0.2) is 50.2 Å². The maximum Gasteiger partial charge on any atom is 0.238 e. The Hall–Kier alpha value is -1.14. The number of carbonyl (C=O) groups is 2. The molecule has 0 spiro atoms. The van der Waals surface area contributed by atoms with E-state index in [-0.39, 0.29) is 17.7 Å². The zero-order valence-electron chi connectivity index (χ0n) is 18.6. The maximum atomic E-state index is 14.0. The van der Waals surface area contributed by atoms with Gasteiger partial charge >= 0.3 is 0 Å². The van der Waals surface area contributed by atoms with E-state index in [1.165, 1.54) is 0 Å². The molecule has 2 amide bonds. The molecule has 6 nitrogen and oxygen atoms in total. The quantitative estimate of drug-likeness (QED) is 0.537. The van der Waals surface area contributed by atoms with Gasteiger partial charge in [-0.15, -0.1) is 0 Å².